The van der Waals surface area contributed by atoms with Crippen LogP contribution >= 0.6 is 0 Å². The van der Waals surface area contributed by atoms with Gasteiger partial charge in [-0.05, 0) is 24.6 Å². The number of morpholine rings is 1. The van der Waals surface area contributed by atoms with Crippen molar-refractivity contribution in [1.29, 1.82) is 0 Å². The molecule has 146 valence electrons. The Morgan fingerprint density at radius 3 is 2.56 bits per heavy atom. The van der Waals surface area contributed by atoms with E-state index in [-0.39, 0.29) is 24.3 Å². The minimum absolute atomic E-state index is 0.0686. The van der Waals surface area contributed by atoms with Gasteiger partial charge < -0.3 is 25.2 Å². The van der Waals surface area contributed by atoms with Crippen molar-refractivity contribution >= 4 is 23.4 Å². The van der Waals surface area contributed by atoms with Gasteiger partial charge in [-0.2, -0.15) is 0 Å². The monoisotopic (exact) mass is 374 g/mol. The number of rotatable bonds is 5. The minimum atomic E-state index is -0.526. The Hall–Kier alpha value is -2.45. The first-order valence-corrected chi connectivity index (χ1v) is 9.30. The molecule has 2 heterocycles. The van der Waals surface area contributed by atoms with Crippen LogP contribution in [0.2, 0.25) is 0 Å². The maximum atomic E-state index is 12.4. The van der Waals surface area contributed by atoms with Crippen LogP contribution in [0.15, 0.2) is 24.3 Å². The Balaban J connectivity index is 1.53. The molecule has 3 amide bonds. The van der Waals surface area contributed by atoms with Gasteiger partial charge >= 0.3 is 0 Å². The van der Waals surface area contributed by atoms with Crippen molar-refractivity contribution in [1.82, 2.24) is 15.1 Å². The molecule has 1 aromatic rings. The third kappa shape index (κ3) is 5.05. The summed E-state index contributed by atoms with van der Waals surface area (Å²) in [6, 6.07) is 6.73. The molecule has 0 saturated carbocycles. The summed E-state index contributed by atoms with van der Waals surface area (Å²) in [5, 5.41) is 5.83. The fourth-order valence-electron chi connectivity index (χ4n) is 3.22. The molecule has 27 heavy (non-hydrogen) atoms. The fourth-order valence-corrected chi connectivity index (χ4v) is 3.22. The summed E-state index contributed by atoms with van der Waals surface area (Å²) in [5.41, 5.74) is 1.55. The van der Waals surface area contributed by atoms with Gasteiger partial charge in [0.15, 0.2) is 0 Å². The molecule has 1 aromatic carbocycles. The zero-order chi connectivity index (χ0) is 19.2. The molecule has 2 saturated heterocycles. The number of nitrogens with one attached hydrogen (secondary N) is 2. The predicted molar refractivity (Wildman–Crippen MR) is 100 cm³/mol. The van der Waals surface area contributed by atoms with Crippen LogP contribution in [0.4, 0.5) is 5.69 Å². The summed E-state index contributed by atoms with van der Waals surface area (Å²) in [5.74, 6) is -0.204. The summed E-state index contributed by atoms with van der Waals surface area (Å²) in [6.45, 7) is 5.66. The van der Waals surface area contributed by atoms with E-state index in [9.17, 15) is 14.4 Å². The Morgan fingerprint density at radius 1 is 1.19 bits per heavy atom. The van der Waals surface area contributed by atoms with Gasteiger partial charge in [0, 0.05) is 31.9 Å². The van der Waals surface area contributed by atoms with Gasteiger partial charge in [-0.15, -0.1) is 0 Å². The van der Waals surface area contributed by atoms with Gasteiger partial charge in [-0.3, -0.25) is 14.4 Å². The molecule has 2 N–H and O–H groups in total. The van der Waals surface area contributed by atoms with E-state index in [0.717, 1.165) is 5.56 Å². The first kappa shape index (κ1) is 19.3. The van der Waals surface area contributed by atoms with Crippen molar-refractivity contribution in [3.05, 3.63) is 29.8 Å². The highest BCUT2D eigenvalue weighted by molar-refractivity contribution is 5.97. The van der Waals surface area contributed by atoms with E-state index < -0.39 is 6.04 Å². The zero-order valence-electron chi connectivity index (χ0n) is 15.6. The number of amides is 3. The largest absolute Gasteiger partial charge is 0.378 e. The van der Waals surface area contributed by atoms with Crippen LogP contribution in [-0.2, 0) is 25.5 Å². The summed E-state index contributed by atoms with van der Waals surface area (Å²) < 4.78 is 5.26. The van der Waals surface area contributed by atoms with Gasteiger partial charge in [0.2, 0.25) is 17.7 Å². The Bertz CT molecular complexity index is 685. The highest BCUT2D eigenvalue weighted by atomic mass is 16.5. The third-order valence-corrected chi connectivity index (χ3v) is 4.91. The van der Waals surface area contributed by atoms with E-state index in [0.29, 0.717) is 51.5 Å². The van der Waals surface area contributed by atoms with Crippen LogP contribution < -0.4 is 10.6 Å². The van der Waals surface area contributed by atoms with E-state index in [1.807, 2.05) is 17.0 Å². The lowest BCUT2D eigenvalue weighted by Crippen LogP contribution is -2.54. The second-order valence-corrected chi connectivity index (χ2v) is 6.80. The van der Waals surface area contributed by atoms with Crippen molar-refractivity contribution in [2.75, 3.05) is 51.3 Å². The molecule has 0 spiro atoms. The van der Waals surface area contributed by atoms with Crippen LogP contribution in [0.1, 0.15) is 12.5 Å². The first-order chi connectivity index (χ1) is 13.0. The van der Waals surface area contributed by atoms with Gasteiger partial charge in [0.1, 0.15) is 6.04 Å². The number of hydrogen-bond donors (Lipinski definition) is 2. The number of anilines is 1. The SMILES string of the molecule is CC(C(=O)Nc1ccc(CC(=O)N2CCOCC2)cc1)N1CCNCC1=O. The second-order valence-electron chi connectivity index (χ2n) is 6.80. The topological polar surface area (TPSA) is 91.0 Å². The lowest BCUT2D eigenvalue weighted by atomic mass is 10.1. The lowest BCUT2D eigenvalue weighted by molar-refractivity contribution is -0.138. The normalized spacial score (nSPS) is 18.9. The molecule has 8 heteroatoms. The molecule has 8 nitrogen and oxygen atoms in total. The van der Waals surface area contributed by atoms with Crippen molar-refractivity contribution in [3.8, 4) is 0 Å². The van der Waals surface area contributed by atoms with Gasteiger partial charge in [0.25, 0.3) is 0 Å². The standard InChI is InChI=1S/C19H26N4O4/c1-14(23-7-6-20-13-18(23)25)19(26)21-16-4-2-15(3-5-16)12-17(24)22-8-10-27-11-9-22/h2-5,14,20H,6-13H2,1H3,(H,21,26). The van der Waals surface area contributed by atoms with Crippen molar-refractivity contribution in [2.24, 2.45) is 0 Å². The minimum Gasteiger partial charge on any atom is -0.378 e. The van der Waals surface area contributed by atoms with Gasteiger partial charge in [0.05, 0.1) is 26.2 Å². The number of ether oxygens (including phenoxy) is 1. The summed E-state index contributed by atoms with van der Waals surface area (Å²) in [6.07, 6.45) is 0.333. The summed E-state index contributed by atoms with van der Waals surface area (Å²) >= 11 is 0. The average molecular weight is 374 g/mol. The molecule has 2 aliphatic rings. The first-order valence-electron chi connectivity index (χ1n) is 9.30. The average Bonchev–Trinajstić information content (AvgIpc) is 2.70. The molecule has 3 rings (SSSR count). The molecule has 0 aromatic heterocycles. The summed E-state index contributed by atoms with van der Waals surface area (Å²) in [7, 11) is 0. The second kappa shape index (κ2) is 8.96. The molecule has 0 bridgehead atoms. The number of carbonyl (C=O) groups is 3. The fraction of sp³-hybridized carbons (Fsp3) is 0.526. The van der Waals surface area contributed by atoms with Crippen molar-refractivity contribution < 1.29 is 19.1 Å². The lowest BCUT2D eigenvalue weighted by Gasteiger charge is -2.32. The zero-order valence-corrected chi connectivity index (χ0v) is 15.6. The number of hydrogen-bond acceptors (Lipinski definition) is 5. The maximum absolute atomic E-state index is 12.4. The molecule has 0 aliphatic carbocycles. The number of nitrogens with zero attached hydrogens (tertiary/aromatic N) is 2. The van der Waals surface area contributed by atoms with Crippen LogP contribution in [0.3, 0.4) is 0 Å². The number of benzene rings is 1. The van der Waals surface area contributed by atoms with Crippen LogP contribution in [0.25, 0.3) is 0 Å². The Morgan fingerprint density at radius 2 is 1.89 bits per heavy atom. The van der Waals surface area contributed by atoms with Gasteiger partial charge in [-0.25, -0.2) is 0 Å². The molecular weight excluding hydrogens is 348 g/mol. The third-order valence-electron chi connectivity index (χ3n) is 4.91. The van der Waals surface area contributed by atoms with Crippen molar-refractivity contribution in [2.45, 2.75) is 19.4 Å². The molecule has 2 aliphatic heterocycles. The molecular formula is C19H26N4O4. The number of carbonyl (C=O) groups excluding carboxylic acids is 3. The van der Waals surface area contributed by atoms with E-state index in [1.54, 1.807) is 24.0 Å². The van der Waals surface area contributed by atoms with E-state index in [1.165, 1.54) is 0 Å². The van der Waals surface area contributed by atoms with E-state index in [2.05, 4.69) is 10.6 Å². The molecule has 0 radical (unpaired) electrons. The highest BCUT2D eigenvalue weighted by Gasteiger charge is 2.27. The van der Waals surface area contributed by atoms with Crippen LogP contribution in [-0.4, -0.2) is 79.5 Å². The quantitative estimate of drug-likeness (QED) is 0.748. The Kier molecular flexibility index (Phi) is 6.41. The molecule has 1 atom stereocenters. The number of piperazine rings is 1. The smallest absolute Gasteiger partial charge is 0.246 e. The summed E-state index contributed by atoms with van der Waals surface area (Å²) in [4.78, 5) is 40.0. The van der Waals surface area contributed by atoms with E-state index >= 15 is 0 Å². The maximum Gasteiger partial charge on any atom is 0.246 e. The van der Waals surface area contributed by atoms with Crippen LogP contribution in [0, 0.1) is 0 Å². The van der Waals surface area contributed by atoms with Gasteiger partial charge in [-0.1, -0.05) is 12.1 Å². The Labute approximate surface area is 158 Å². The molecule has 1 unspecified atom stereocenters. The van der Waals surface area contributed by atoms with Crippen LogP contribution in [0.5, 0.6) is 0 Å². The van der Waals surface area contributed by atoms with E-state index in [4.69, 9.17) is 4.74 Å². The molecule has 2 fully saturated rings. The predicted octanol–water partition coefficient (Wildman–Crippen LogP) is -0.153. The highest BCUT2D eigenvalue weighted by Crippen LogP contribution is 2.13. The van der Waals surface area contributed by atoms with Crippen molar-refractivity contribution in [3.63, 3.8) is 0 Å².